The standard InChI is InChI=1S/C59H117NO10/c1-3-5-7-9-11-12-13-14-15-16-17-18-19-20-21-22-23-24-25-26-27-28-29-30-31-32-33-34-35-36-37-38-39-41-43-45-47-52(63)58(68)60-50(54(64)51(62)46-44-42-40-10-8-6-4-2)49-69-59-57(67)56(66)55(65)53(48-61)70-59/h50-57,59,61-67H,3-49H2,1-2H3,(H,60,68). The summed E-state index contributed by atoms with van der Waals surface area (Å²) in [7, 11) is 0. The second-order valence-corrected chi connectivity index (χ2v) is 21.8. The molecule has 1 amide bonds. The third-order valence-electron chi connectivity index (χ3n) is 15.2. The van der Waals surface area contributed by atoms with Crippen LogP contribution < -0.4 is 5.32 Å². The van der Waals surface area contributed by atoms with E-state index in [9.17, 15) is 40.5 Å². The van der Waals surface area contributed by atoms with Gasteiger partial charge in [-0.15, -0.1) is 0 Å². The molecule has 1 aliphatic heterocycles. The van der Waals surface area contributed by atoms with Crippen LogP contribution >= 0.6 is 0 Å². The van der Waals surface area contributed by atoms with Gasteiger partial charge in [-0.25, -0.2) is 0 Å². The predicted molar refractivity (Wildman–Crippen MR) is 289 cm³/mol. The number of nitrogens with one attached hydrogen (secondary N) is 1. The monoisotopic (exact) mass is 1000 g/mol. The molecule has 11 heteroatoms. The molecule has 0 saturated carbocycles. The number of amides is 1. The van der Waals surface area contributed by atoms with E-state index in [4.69, 9.17) is 9.47 Å². The summed E-state index contributed by atoms with van der Waals surface area (Å²) in [5, 5.41) is 75.6. The first-order valence-electron chi connectivity index (χ1n) is 30.4. The van der Waals surface area contributed by atoms with Crippen LogP contribution in [0.2, 0.25) is 0 Å². The van der Waals surface area contributed by atoms with Crippen LogP contribution in [0, 0.1) is 0 Å². The Labute approximate surface area is 430 Å². The fourth-order valence-corrected chi connectivity index (χ4v) is 10.2. The van der Waals surface area contributed by atoms with Crippen LogP contribution in [-0.4, -0.2) is 110 Å². The number of ether oxygens (including phenoxy) is 2. The molecule has 0 aromatic rings. The highest BCUT2D eigenvalue weighted by Crippen LogP contribution is 2.24. The molecule has 0 radical (unpaired) electrons. The van der Waals surface area contributed by atoms with Gasteiger partial charge < -0.3 is 50.5 Å². The first-order chi connectivity index (χ1) is 34.2. The molecule has 0 bridgehead atoms. The summed E-state index contributed by atoms with van der Waals surface area (Å²) in [4.78, 5) is 13.1. The summed E-state index contributed by atoms with van der Waals surface area (Å²) in [6.07, 6.45) is 45.3. The van der Waals surface area contributed by atoms with E-state index in [0.29, 0.717) is 19.3 Å². The van der Waals surface area contributed by atoms with Gasteiger partial charge in [-0.05, 0) is 12.8 Å². The Kier molecular flexibility index (Phi) is 47.0. The van der Waals surface area contributed by atoms with E-state index in [0.717, 1.165) is 44.9 Å². The van der Waals surface area contributed by atoms with Gasteiger partial charge >= 0.3 is 0 Å². The molecule has 70 heavy (non-hydrogen) atoms. The van der Waals surface area contributed by atoms with Crippen molar-refractivity contribution in [1.29, 1.82) is 0 Å². The number of hydrogen-bond acceptors (Lipinski definition) is 10. The van der Waals surface area contributed by atoms with Crippen LogP contribution in [0.3, 0.4) is 0 Å². The molecule has 418 valence electrons. The Balaban J connectivity index is 2.04. The van der Waals surface area contributed by atoms with E-state index in [-0.39, 0.29) is 6.42 Å². The summed E-state index contributed by atoms with van der Waals surface area (Å²) < 4.78 is 11.1. The van der Waals surface area contributed by atoms with Crippen LogP contribution in [0.25, 0.3) is 0 Å². The van der Waals surface area contributed by atoms with Crippen molar-refractivity contribution < 1.29 is 50.0 Å². The van der Waals surface area contributed by atoms with Crippen LogP contribution in [-0.2, 0) is 14.3 Å². The molecule has 1 rings (SSSR count). The largest absolute Gasteiger partial charge is 0.394 e. The lowest BCUT2D eigenvalue weighted by Crippen LogP contribution is -2.60. The number of carbonyl (C=O) groups is 1. The minimum absolute atomic E-state index is 0.266. The SMILES string of the molecule is CCCCCCCCCCCCCCCCCCCCCCCCCCCCCCCCCCCCCCC(O)C(=O)NC(COC1OC(CO)C(O)C(O)C1O)C(O)C(O)CCCCCCCCC. The van der Waals surface area contributed by atoms with Gasteiger partial charge in [0.1, 0.15) is 36.6 Å². The molecule has 9 atom stereocenters. The first kappa shape index (κ1) is 67.1. The Morgan fingerprint density at radius 3 is 1.06 bits per heavy atom. The zero-order valence-corrected chi connectivity index (χ0v) is 45.8. The Morgan fingerprint density at radius 2 is 0.743 bits per heavy atom. The average Bonchev–Trinajstić information content (AvgIpc) is 3.36. The zero-order valence-electron chi connectivity index (χ0n) is 45.8. The van der Waals surface area contributed by atoms with Crippen molar-refractivity contribution in [1.82, 2.24) is 5.32 Å². The summed E-state index contributed by atoms with van der Waals surface area (Å²) in [5.41, 5.74) is 0. The molecule has 1 saturated heterocycles. The molecule has 1 aliphatic rings. The fourth-order valence-electron chi connectivity index (χ4n) is 10.2. The van der Waals surface area contributed by atoms with Crippen molar-refractivity contribution in [2.45, 2.75) is 358 Å². The van der Waals surface area contributed by atoms with Gasteiger partial charge in [-0.1, -0.05) is 290 Å². The molecule has 0 aliphatic carbocycles. The van der Waals surface area contributed by atoms with Crippen LogP contribution in [0.5, 0.6) is 0 Å². The van der Waals surface area contributed by atoms with E-state index in [1.54, 1.807) is 0 Å². The molecule has 1 fully saturated rings. The van der Waals surface area contributed by atoms with Crippen molar-refractivity contribution in [2.75, 3.05) is 13.2 Å². The molecule has 11 nitrogen and oxygen atoms in total. The van der Waals surface area contributed by atoms with E-state index < -0.39 is 74.2 Å². The highest BCUT2D eigenvalue weighted by molar-refractivity contribution is 5.80. The molecular weight excluding hydrogens is 883 g/mol. The highest BCUT2D eigenvalue weighted by atomic mass is 16.7. The topological polar surface area (TPSA) is 189 Å². The Hall–Kier alpha value is -0.890. The third kappa shape index (κ3) is 36.9. The van der Waals surface area contributed by atoms with Gasteiger partial charge in [-0.2, -0.15) is 0 Å². The van der Waals surface area contributed by atoms with Gasteiger partial charge in [-0.3, -0.25) is 4.79 Å². The van der Waals surface area contributed by atoms with Crippen molar-refractivity contribution in [2.24, 2.45) is 0 Å². The number of aliphatic hydroxyl groups excluding tert-OH is 7. The molecular formula is C59H117NO10. The third-order valence-corrected chi connectivity index (χ3v) is 15.2. The highest BCUT2D eigenvalue weighted by Gasteiger charge is 2.44. The summed E-state index contributed by atoms with van der Waals surface area (Å²) >= 11 is 0. The lowest BCUT2D eigenvalue weighted by atomic mass is 9.98. The molecule has 0 spiro atoms. The van der Waals surface area contributed by atoms with E-state index in [1.807, 2.05) is 0 Å². The van der Waals surface area contributed by atoms with Gasteiger partial charge in [0.05, 0.1) is 25.4 Å². The fraction of sp³-hybridized carbons (Fsp3) is 0.983. The van der Waals surface area contributed by atoms with Crippen molar-refractivity contribution in [3.8, 4) is 0 Å². The first-order valence-corrected chi connectivity index (χ1v) is 30.4. The van der Waals surface area contributed by atoms with Gasteiger partial charge in [0.15, 0.2) is 6.29 Å². The number of aliphatic hydroxyl groups is 7. The van der Waals surface area contributed by atoms with Crippen LogP contribution in [0.15, 0.2) is 0 Å². The number of carbonyl (C=O) groups excluding carboxylic acids is 1. The number of rotatable bonds is 53. The lowest BCUT2D eigenvalue weighted by molar-refractivity contribution is -0.303. The van der Waals surface area contributed by atoms with E-state index in [1.165, 1.54) is 218 Å². The molecule has 9 unspecified atom stereocenters. The minimum Gasteiger partial charge on any atom is -0.394 e. The Morgan fingerprint density at radius 1 is 0.443 bits per heavy atom. The normalized spacial score (nSPS) is 20.2. The second kappa shape index (κ2) is 49.0. The van der Waals surface area contributed by atoms with Crippen molar-refractivity contribution in [3.05, 3.63) is 0 Å². The van der Waals surface area contributed by atoms with Crippen molar-refractivity contribution >= 4 is 5.91 Å². The van der Waals surface area contributed by atoms with Gasteiger partial charge in [0, 0.05) is 0 Å². The lowest BCUT2D eigenvalue weighted by Gasteiger charge is -2.40. The van der Waals surface area contributed by atoms with Crippen LogP contribution in [0.1, 0.15) is 303 Å². The molecule has 8 N–H and O–H groups in total. The van der Waals surface area contributed by atoms with Crippen molar-refractivity contribution in [3.63, 3.8) is 0 Å². The smallest absolute Gasteiger partial charge is 0.249 e. The summed E-state index contributed by atoms with van der Waals surface area (Å²) in [5.74, 6) is -0.694. The molecule has 1 heterocycles. The maximum absolute atomic E-state index is 13.1. The zero-order chi connectivity index (χ0) is 51.1. The quantitative estimate of drug-likeness (QED) is 0.0272. The van der Waals surface area contributed by atoms with Gasteiger partial charge in [0.2, 0.25) is 5.91 Å². The van der Waals surface area contributed by atoms with Crippen LogP contribution in [0.4, 0.5) is 0 Å². The number of unbranched alkanes of at least 4 members (excludes halogenated alkanes) is 41. The maximum atomic E-state index is 13.1. The average molecular weight is 1000 g/mol. The maximum Gasteiger partial charge on any atom is 0.249 e. The second-order valence-electron chi connectivity index (χ2n) is 21.8. The molecule has 0 aromatic carbocycles. The Bertz CT molecular complexity index is 1100. The van der Waals surface area contributed by atoms with E-state index >= 15 is 0 Å². The van der Waals surface area contributed by atoms with E-state index in [2.05, 4.69) is 19.2 Å². The summed E-state index contributed by atoms with van der Waals surface area (Å²) in [6, 6.07) is -1.16. The number of hydrogen-bond donors (Lipinski definition) is 8. The molecule has 0 aromatic heterocycles. The van der Waals surface area contributed by atoms with Gasteiger partial charge in [0.25, 0.3) is 0 Å². The minimum atomic E-state index is -1.66. The predicted octanol–water partition coefficient (Wildman–Crippen LogP) is 13.0. The summed E-state index contributed by atoms with van der Waals surface area (Å²) in [6.45, 7) is 3.42.